The lowest BCUT2D eigenvalue weighted by atomic mass is 9.91. The summed E-state index contributed by atoms with van der Waals surface area (Å²) in [6, 6.07) is 14.8. The molecule has 0 aliphatic heterocycles. The van der Waals surface area contributed by atoms with Gasteiger partial charge in [-0.3, -0.25) is 0 Å². The highest BCUT2D eigenvalue weighted by Gasteiger charge is 2.13. The van der Waals surface area contributed by atoms with Crippen LogP contribution in [0.25, 0.3) is 22.3 Å². The number of benzene rings is 3. The first-order valence-corrected chi connectivity index (χ1v) is 8.05. The van der Waals surface area contributed by atoms with Crippen LogP contribution >= 0.6 is 0 Å². The van der Waals surface area contributed by atoms with Gasteiger partial charge >= 0.3 is 0 Å². The summed E-state index contributed by atoms with van der Waals surface area (Å²) in [5.74, 6) is 0.219. The third-order valence-corrected chi connectivity index (χ3v) is 4.21. The van der Waals surface area contributed by atoms with Crippen LogP contribution < -0.4 is 0 Å². The summed E-state index contributed by atoms with van der Waals surface area (Å²) < 4.78 is 0. The molecule has 25 heavy (non-hydrogen) atoms. The van der Waals surface area contributed by atoms with Crippen molar-refractivity contribution < 1.29 is 20.4 Å². The molecule has 0 unspecified atom stereocenters. The average Bonchev–Trinajstić information content (AvgIpc) is 2.54. The van der Waals surface area contributed by atoms with Crippen molar-refractivity contribution in [2.24, 2.45) is 0 Å². The Morgan fingerprint density at radius 2 is 1.04 bits per heavy atom. The van der Waals surface area contributed by atoms with E-state index in [1.807, 2.05) is 18.2 Å². The first kappa shape index (κ1) is 16.7. The van der Waals surface area contributed by atoms with Gasteiger partial charge in [0.1, 0.15) is 23.0 Å². The van der Waals surface area contributed by atoms with Gasteiger partial charge < -0.3 is 20.4 Å². The van der Waals surface area contributed by atoms with E-state index in [0.717, 1.165) is 16.7 Å². The normalized spacial score (nSPS) is 11.0. The smallest absolute Gasteiger partial charge is 0.127 e. The largest absolute Gasteiger partial charge is 0.508 e. The van der Waals surface area contributed by atoms with Crippen molar-refractivity contribution in [2.45, 2.75) is 19.8 Å². The number of phenolic OH excluding ortho intramolecular Hbond substituents is 4. The van der Waals surface area contributed by atoms with Crippen molar-refractivity contribution in [3.05, 3.63) is 60.2 Å². The summed E-state index contributed by atoms with van der Waals surface area (Å²) in [6.07, 6.45) is 0. The quantitative estimate of drug-likeness (QED) is 0.544. The van der Waals surface area contributed by atoms with E-state index in [-0.39, 0.29) is 28.9 Å². The first-order chi connectivity index (χ1) is 11.8. The van der Waals surface area contributed by atoms with Crippen LogP contribution in [0.1, 0.15) is 25.3 Å². The van der Waals surface area contributed by atoms with Gasteiger partial charge in [0.2, 0.25) is 0 Å². The molecule has 4 heteroatoms. The van der Waals surface area contributed by atoms with E-state index in [2.05, 4.69) is 13.8 Å². The van der Waals surface area contributed by atoms with Crippen LogP contribution in [0.15, 0.2) is 54.6 Å². The fourth-order valence-electron chi connectivity index (χ4n) is 2.82. The van der Waals surface area contributed by atoms with E-state index >= 15 is 0 Å². The van der Waals surface area contributed by atoms with Crippen molar-refractivity contribution in [1.29, 1.82) is 0 Å². The molecular formula is C21H20O4. The number of aromatic hydroxyl groups is 4. The molecule has 0 bridgehead atoms. The second-order valence-electron chi connectivity index (χ2n) is 6.40. The van der Waals surface area contributed by atoms with Crippen LogP contribution in [0.4, 0.5) is 0 Å². The lowest BCUT2D eigenvalue weighted by Crippen LogP contribution is -1.92. The van der Waals surface area contributed by atoms with Gasteiger partial charge in [-0.2, -0.15) is 0 Å². The SMILES string of the molecule is CC(C)c1cc(-c2ccc(O)cc2O)cc(-c2ccc(O)cc2O)c1. The van der Waals surface area contributed by atoms with Gasteiger partial charge in [0.15, 0.2) is 0 Å². The standard InChI is InChI=1S/C21H20O4/c1-12(2)13-7-14(18-5-3-16(22)10-20(18)24)9-15(8-13)19-6-4-17(23)11-21(19)25/h3-12,22-25H,1-2H3. The van der Waals surface area contributed by atoms with Crippen molar-refractivity contribution >= 4 is 0 Å². The molecule has 0 saturated heterocycles. The number of rotatable bonds is 3. The lowest BCUT2D eigenvalue weighted by molar-refractivity contribution is 0.451. The van der Waals surface area contributed by atoms with Gasteiger partial charge in [-0.05, 0) is 52.9 Å². The van der Waals surface area contributed by atoms with E-state index in [0.29, 0.717) is 11.1 Å². The maximum Gasteiger partial charge on any atom is 0.127 e. The van der Waals surface area contributed by atoms with Crippen molar-refractivity contribution in [1.82, 2.24) is 0 Å². The average molecular weight is 336 g/mol. The molecule has 0 saturated carbocycles. The second-order valence-corrected chi connectivity index (χ2v) is 6.40. The molecule has 4 nitrogen and oxygen atoms in total. The topological polar surface area (TPSA) is 80.9 Å². The van der Waals surface area contributed by atoms with Gasteiger partial charge in [0.25, 0.3) is 0 Å². The summed E-state index contributed by atoms with van der Waals surface area (Å²) >= 11 is 0. The molecule has 0 radical (unpaired) electrons. The van der Waals surface area contributed by atoms with Gasteiger partial charge in [-0.1, -0.05) is 26.0 Å². The Labute approximate surface area is 146 Å². The molecule has 4 N–H and O–H groups in total. The second kappa shape index (κ2) is 6.40. The Hall–Kier alpha value is -3.14. The molecule has 0 atom stereocenters. The van der Waals surface area contributed by atoms with Crippen molar-refractivity contribution in [3.8, 4) is 45.3 Å². The van der Waals surface area contributed by atoms with Crippen LogP contribution in [-0.4, -0.2) is 20.4 Å². The molecule has 0 amide bonds. The predicted octanol–water partition coefficient (Wildman–Crippen LogP) is 4.97. The van der Waals surface area contributed by atoms with Gasteiger partial charge in [0, 0.05) is 23.3 Å². The maximum absolute atomic E-state index is 10.2. The van der Waals surface area contributed by atoms with E-state index in [1.165, 1.54) is 24.3 Å². The maximum atomic E-state index is 10.2. The molecule has 3 rings (SSSR count). The first-order valence-electron chi connectivity index (χ1n) is 8.05. The summed E-state index contributed by atoms with van der Waals surface area (Å²) in [5.41, 5.74) is 3.81. The number of hydrogen-bond donors (Lipinski definition) is 4. The van der Waals surface area contributed by atoms with Crippen LogP contribution in [0, 0.1) is 0 Å². The van der Waals surface area contributed by atoms with E-state index in [1.54, 1.807) is 12.1 Å². The molecular weight excluding hydrogens is 316 g/mol. The third kappa shape index (κ3) is 3.38. The van der Waals surface area contributed by atoms with E-state index < -0.39 is 0 Å². The molecule has 3 aromatic rings. The Balaban J connectivity index is 2.22. The van der Waals surface area contributed by atoms with Crippen molar-refractivity contribution in [2.75, 3.05) is 0 Å². The summed E-state index contributed by atoms with van der Waals surface area (Å²) in [5, 5.41) is 39.4. The zero-order valence-corrected chi connectivity index (χ0v) is 14.1. The minimum absolute atomic E-state index is 0.00216. The molecule has 0 heterocycles. The molecule has 3 aromatic carbocycles. The molecule has 0 aliphatic carbocycles. The van der Waals surface area contributed by atoms with E-state index in [4.69, 9.17) is 0 Å². The number of hydrogen-bond acceptors (Lipinski definition) is 4. The Morgan fingerprint density at radius 1 is 0.600 bits per heavy atom. The monoisotopic (exact) mass is 336 g/mol. The third-order valence-electron chi connectivity index (χ3n) is 4.21. The van der Waals surface area contributed by atoms with Gasteiger partial charge in [-0.15, -0.1) is 0 Å². The minimum atomic E-state index is -0.0122. The Bertz CT molecular complexity index is 859. The molecule has 0 spiro atoms. The summed E-state index contributed by atoms with van der Waals surface area (Å²) in [6.45, 7) is 4.13. The van der Waals surface area contributed by atoms with Crippen LogP contribution in [0.2, 0.25) is 0 Å². The van der Waals surface area contributed by atoms with E-state index in [9.17, 15) is 20.4 Å². The van der Waals surface area contributed by atoms with Crippen LogP contribution in [-0.2, 0) is 0 Å². The molecule has 0 aliphatic rings. The molecule has 0 aromatic heterocycles. The Morgan fingerprint density at radius 3 is 1.40 bits per heavy atom. The zero-order valence-electron chi connectivity index (χ0n) is 14.1. The van der Waals surface area contributed by atoms with Crippen molar-refractivity contribution in [3.63, 3.8) is 0 Å². The predicted molar refractivity (Wildman–Crippen MR) is 98.1 cm³/mol. The van der Waals surface area contributed by atoms with Crippen LogP contribution in [0.5, 0.6) is 23.0 Å². The van der Waals surface area contributed by atoms with Gasteiger partial charge in [-0.25, -0.2) is 0 Å². The lowest BCUT2D eigenvalue weighted by Gasteiger charge is -2.14. The number of phenols is 4. The molecule has 0 fully saturated rings. The highest BCUT2D eigenvalue weighted by Crippen LogP contribution is 2.39. The fraction of sp³-hybridized carbons (Fsp3) is 0.143. The summed E-state index contributed by atoms with van der Waals surface area (Å²) in [4.78, 5) is 0. The zero-order chi connectivity index (χ0) is 18.1. The minimum Gasteiger partial charge on any atom is -0.508 e. The fourth-order valence-corrected chi connectivity index (χ4v) is 2.82. The highest BCUT2D eigenvalue weighted by atomic mass is 16.3. The molecule has 128 valence electrons. The highest BCUT2D eigenvalue weighted by molar-refractivity contribution is 5.80. The summed E-state index contributed by atoms with van der Waals surface area (Å²) in [7, 11) is 0. The Kier molecular flexibility index (Phi) is 4.28. The van der Waals surface area contributed by atoms with Gasteiger partial charge in [0.05, 0.1) is 0 Å². The van der Waals surface area contributed by atoms with Crippen LogP contribution in [0.3, 0.4) is 0 Å².